The summed E-state index contributed by atoms with van der Waals surface area (Å²) in [6.45, 7) is 1.82. The molecule has 0 aliphatic carbocycles. The third-order valence-corrected chi connectivity index (χ3v) is 3.21. The number of carbonyl (C=O) groups is 1. The number of anilines is 3. The Kier molecular flexibility index (Phi) is 4.95. The molecule has 0 fully saturated rings. The second kappa shape index (κ2) is 6.91. The number of nitrogens with one attached hydrogen (secondary N) is 2. The van der Waals surface area contributed by atoms with Crippen LogP contribution in [0.25, 0.3) is 0 Å². The van der Waals surface area contributed by atoms with E-state index in [0.717, 1.165) is 16.4 Å². The second-order valence-corrected chi connectivity index (χ2v) is 4.86. The number of rotatable bonds is 5. The van der Waals surface area contributed by atoms with Gasteiger partial charge in [-0.25, -0.2) is 9.97 Å². The number of amides is 1. The van der Waals surface area contributed by atoms with Crippen LogP contribution in [0.4, 0.5) is 17.3 Å². The molecular weight excluding hydrogens is 272 g/mol. The number of nitrogens with zero attached hydrogens (tertiary/aromatic N) is 2. The van der Waals surface area contributed by atoms with Crippen LogP contribution in [0.5, 0.6) is 0 Å². The highest BCUT2D eigenvalue weighted by Crippen LogP contribution is 2.19. The average Bonchev–Trinajstić information content (AvgIpc) is 2.47. The highest BCUT2D eigenvalue weighted by atomic mass is 32.2. The third-order valence-electron chi connectivity index (χ3n) is 2.56. The molecule has 0 unspecified atom stereocenters. The van der Waals surface area contributed by atoms with E-state index in [1.165, 1.54) is 0 Å². The van der Waals surface area contributed by atoms with E-state index in [9.17, 15) is 4.79 Å². The summed E-state index contributed by atoms with van der Waals surface area (Å²) in [7, 11) is 0. The van der Waals surface area contributed by atoms with E-state index in [2.05, 4.69) is 20.6 Å². The van der Waals surface area contributed by atoms with Crippen molar-refractivity contribution in [2.24, 2.45) is 0 Å². The molecule has 1 heterocycles. The van der Waals surface area contributed by atoms with Crippen molar-refractivity contribution in [3.8, 4) is 0 Å². The van der Waals surface area contributed by atoms with Crippen LogP contribution >= 0.6 is 11.8 Å². The van der Waals surface area contributed by atoms with Crippen molar-refractivity contribution < 1.29 is 4.79 Å². The molecule has 2 rings (SSSR count). The Morgan fingerprint density at radius 3 is 2.85 bits per heavy atom. The summed E-state index contributed by atoms with van der Waals surface area (Å²) in [5, 5.41) is 6.84. The van der Waals surface area contributed by atoms with Gasteiger partial charge in [0.2, 0.25) is 11.9 Å². The van der Waals surface area contributed by atoms with Crippen molar-refractivity contribution in [2.45, 2.75) is 18.4 Å². The monoisotopic (exact) mass is 288 g/mol. The molecule has 0 bridgehead atoms. The maximum Gasteiger partial charge on any atom is 0.228 e. The SMILES string of the molecule is CCC(=O)Nc1cccc(Nc2nccc(SC)n2)c1. The number of carbonyl (C=O) groups excluding carboxylic acids is 1. The first-order chi connectivity index (χ1) is 9.71. The van der Waals surface area contributed by atoms with Gasteiger partial charge in [-0.3, -0.25) is 4.79 Å². The summed E-state index contributed by atoms with van der Waals surface area (Å²) in [4.78, 5) is 19.9. The smallest absolute Gasteiger partial charge is 0.228 e. The summed E-state index contributed by atoms with van der Waals surface area (Å²) in [6, 6.07) is 9.32. The van der Waals surface area contributed by atoms with Crippen LogP contribution in [0, 0.1) is 0 Å². The van der Waals surface area contributed by atoms with Crippen molar-refractivity contribution >= 4 is 35.0 Å². The van der Waals surface area contributed by atoms with Crippen LogP contribution in [0.2, 0.25) is 0 Å². The third kappa shape index (κ3) is 3.96. The summed E-state index contributed by atoms with van der Waals surface area (Å²) in [6.07, 6.45) is 4.13. The maximum absolute atomic E-state index is 11.4. The Morgan fingerprint density at radius 1 is 1.30 bits per heavy atom. The number of hydrogen-bond acceptors (Lipinski definition) is 5. The van der Waals surface area contributed by atoms with E-state index in [1.807, 2.05) is 43.5 Å². The maximum atomic E-state index is 11.4. The summed E-state index contributed by atoms with van der Waals surface area (Å²) in [5.74, 6) is 0.526. The van der Waals surface area contributed by atoms with E-state index in [0.29, 0.717) is 12.4 Å². The first-order valence-corrected chi connectivity index (χ1v) is 7.47. The van der Waals surface area contributed by atoms with Gasteiger partial charge in [0.25, 0.3) is 0 Å². The minimum atomic E-state index is -0.0113. The highest BCUT2D eigenvalue weighted by molar-refractivity contribution is 7.98. The Hall–Kier alpha value is -2.08. The largest absolute Gasteiger partial charge is 0.326 e. The molecule has 0 aliphatic heterocycles. The molecule has 0 atom stereocenters. The van der Waals surface area contributed by atoms with Gasteiger partial charge in [-0.1, -0.05) is 13.0 Å². The number of thioether (sulfide) groups is 1. The lowest BCUT2D eigenvalue weighted by atomic mass is 10.2. The van der Waals surface area contributed by atoms with Gasteiger partial charge < -0.3 is 10.6 Å². The first kappa shape index (κ1) is 14.3. The zero-order valence-electron chi connectivity index (χ0n) is 11.4. The highest BCUT2D eigenvalue weighted by Gasteiger charge is 2.02. The van der Waals surface area contributed by atoms with Crippen molar-refractivity contribution in [2.75, 3.05) is 16.9 Å². The molecule has 0 spiro atoms. The van der Waals surface area contributed by atoms with E-state index in [-0.39, 0.29) is 5.91 Å². The average molecular weight is 288 g/mol. The molecule has 0 saturated carbocycles. The van der Waals surface area contributed by atoms with Crippen LogP contribution in [-0.2, 0) is 4.79 Å². The van der Waals surface area contributed by atoms with Gasteiger partial charge in [0, 0.05) is 24.0 Å². The van der Waals surface area contributed by atoms with Crippen LogP contribution < -0.4 is 10.6 Å². The van der Waals surface area contributed by atoms with Crippen LogP contribution in [0.15, 0.2) is 41.6 Å². The predicted octanol–water partition coefficient (Wildman–Crippen LogP) is 3.29. The topological polar surface area (TPSA) is 66.9 Å². The fraction of sp³-hybridized carbons (Fsp3) is 0.214. The fourth-order valence-electron chi connectivity index (χ4n) is 1.57. The minimum absolute atomic E-state index is 0.0113. The van der Waals surface area contributed by atoms with Crippen LogP contribution in [0.1, 0.15) is 13.3 Å². The molecule has 1 aromatic carbocycles. The molecule has 1 aromatic heterocycles. The molecule has 5 nitrogen and oxygen atoms in total. The fourth-order valence-corrected chi connectivity index (χ4v) is 1.94. The summed E-state index contributed by atoms with van der Waals surface area (Å²) in [5.41, 5.74) is 1.58. The van der Waals surface area contributed by atoms with Crippen molar-refractivity contribution in [1.82, 2.24) is 9.97 Å². The van der Waals surface area contributed by atoms with Gasteiger partial charge in [0.1, 0.15) is 5.03 Å². The molecule has 20 heavy (non-hydrogen) atoms. The Bertz CT molecular complexity index is 603. The number of hydrogen-bond donors (Lipinski definition) is 2. The summed E-state index contributed by atoms with van der Waals surface area (Å²) < 4.78 is 0. The molecule has 2 aromatic rings. The lowest BCUT2D eigenvalue weighted by molar-refractivity contribution is -0.115. The molecule has 6 heteroatoms. The van der Waals surface area contributed by atoms with E-state index < -0.39 is 0 Å². The van der Waals surface area contributed by atoms with Gasteiger partial charge >= 0.3 is 0 Å². The van der Waals surface area contributed by atoms with Crippen molar-refractivity contribution in [1.29, 1.82) is 0 Å². The van der Waals surface area contributed by atoms with Crippen LogP contribution in [0.3, 0.4) is 0 Å². The molecular formula is C14H16N4OS. The standard InChI is InChI=1S/C14H16N4OS/c1-3-12(19)16-10-5-4-6-11(9-10)17-14-15-8-7-13(18-14)20-2/h4-9H,3H2,1-2H3,(H,16,19)(H,15,17,18). The second-order valence-electron chi connectivity index (χ2n) is 4.03. The van der Waals surface area contributed by atoms with E-state index >= 15 is 0 Å². The van der Waals surface area contributed by atoms with Crippen molar-refractivity contribution in [3.63, 3.8) is 0 Å². The zero-order chi connectivity index (χ0) is 14.4. The Labute approximate surface area is 122 Å². The Morgan fingerprint density at radius 2 is 2.10 bits per heavy atom. The zero-order valence-corrected chi connectivity index (χ0v) is 12.2. The van der Waals surface area contributed by atoms with Gasteiger partial charge in [-0.2, -0.15) is 0 Å². The van der Waals surface area contributed by atoms with E-state index in [4.69, 9.17) is 0 Å². The van der Waals surface area contributed by atoms with Crippen LogP contribution in [-0.4, -0.2) is 22.1 Å². The minimum Gasteiger partial charge on any atom is -0.326 e. The quantitative estimate of drug-likeness (QED) is 0.653. The lowest BCUT2D eigenvalue weighted by Crippen LogP contribution is -2.09. The summed E-state index contributed by atoms with van der Waals surface area (Å²) >= 11 is 1.56. The van der Waals surface area contributed by atoms with Crippen molar-refractivity contribution in [3.05, 3.63) is 36.5 Å². The van der Waals surface area contributed by atoms with Gasteiger partial charge in [-0.05, 0) is 30.5 Å². The molecule has 1 amide bonds. The molecule has 104 valence electrons. The van der Waals surface area contributed by atoms with Gasteiger partial charge in [0.15, 0.2) is 0 Å². The van der Waals surface area contributed by atoms with Gasteiger partial charge in [-0.15, -0.1) is 11.8 Å². The molecule has 2 N–H and O–H groups in total. The number of aromatic nitrogens is 2. The predicted molar refractivity (Wildman–Crippen MR) is 82.5 cm³/mol. The first-order valence-electron chi connectivity index (χ1n) is 6.25. The lowest BCUT2D eigenvalue weighted by Gasteiger charge is -2.08. The van der Waals surface area contributed by atoms with E-state index in [1.54, 1.807) is 18.0 Å². The normalized spacial score (nSPS) is 10.1. The molecule has 0 aliphatic rings. The molecule has 0 radical (unpaired) electrons. The van der Waals surface area contributed by atoms with Gasteiger partial charge in [0.05, 0.1) is 0 Å². The number of benzene rings is 1. The Balaban J connectivity index is 2.12. The molecule has 0 saturated heterocycles.